The van der Waals surface area contributed by atoms with Crippen molar-refractivity contribution < 1.29 is 14.3 Å². The van der Waals surface area contributed by atoms with Crippen LogP contribution in [-0.2, 0) is 0 Å². The molecule has 1 aromatic rings. The monoisotopic (exact) mass is 373 g/mol. The van der Waals surface area contributed by atoms with Gasteiger partial charge in [0.1, 0.15) is 5.75 Å². The van der Waals surface area contributed by atoms with Gasteiger partial charge in [0.2, 0.25) is 0 Å². The quantitative estimate of drug-likeness (QED) is 0.740. The molecule has 2 fully saturated rings. The molecule has 0 aliphatic heterocycles. The van der Waals surface area contributed by atoms with E-state index in [2.05, 4.69) is 16.0 Å². The molecule has 0 saturated heterocycles. The lowest BCUT2D eigenvalue weighted by molar-refractivity contribution is 0.0963. The van der Waals surface area contributed by atoms with Gasteiger partial charge in [0.25, 0.3) is 5.91 Å². The number of ether oxygens (including phenoxy) is 1. The van der Waals surface area contributed by atoms with E-state index in [1.165, 1.54) is 19.3 Å². The lowest BCUT2D eigenvalue weighted by Gasteiger charge is -2.30. The molecule has 0 radical (unpaired) electrons. The molecule has 0 spiro atoms. The van der Waals surface area contributed by atoms with E-state index in [4.69, 9.17) is 4.74 Å². The minimum absolute atomic E-state index is 0.0175. The molecule has 0 aromatic heterocycles. The summed E-state index contributed by atoms with van der Waals surface area (Å²) in [7, 11) is 1.62. The number of hydrogen-bond donors (Lipinski definition) is 3. The first-order chi connectivity index (χ1) is 13.1. The average Bonchev–Trinajstić information content (AvgIpc) is 2.70. The Bertz CT molecular complexity index is 618. The van der Waals surface area contributed by atoms with E-state index in [-0.39, 0.29) is 24.1 Å². The van der Waals surface area contributed by atoms with Crippen LogP contribution in [0.4, 0.5) is 4.79 Å². The number of nitrogens with one attached hydrogen (secondary N) is 3. The molecule has 2 saturated carbocycles. The van der Waals surface area contributed by atoms with E-state index in [0.717, 1.165) is 44.3 Å². The molecule has 3 N–H and O–H groups in total. The van der Waals surface area contributed by atoms with Crippen molar-refractivity contribution in [3.05, 3.63) is 29.8 Å². The van der Waals surface area contributed by atoms with Gasteiger partial charge >= 0.3 is 6.03 Å². The highest BCUT2D eigenvalue weighted by molar-refractivity contribution is 5.94. The highest BCUT2D eigenvalue weighted by Crippen LogP contribution is 2.24. The second-order valence-electron chi connectivity index (χ2n) is 7.65. The van der Waals surface area contributed by atoms with Crippen molar-refractivity contribution in [2.24, 2.45) is 0 Å². The molecule has 1 aromatic carbocycles. The molecular formula is C21H31N3O3. The number of amides is 3. The van der Waals surface area contributed by atoms with E-state index < -0.39 is 0 Å². The maximum atomic E-state index is 12.2. The lowest BCUT2D eigenvalue weighted by Crippen LogP contribution is -2.48. The average molecular weight is 373 g/mol. The molecule has 27 heavy (non-hydrogen) atoms. The summed E-state index contributed by atoms with van der Waals surface area (Å²) in [5.41, 5.74) is 0.627. The van der Waals surface area contributed by atoms with Crippen molar-refractivity contribution in [2.45, 2.75) is 76.0 Å². The van der Waals surface area contributed by atoms with Crippen molar-refractivity contribution in [2.75, 3.05) is 7.05 Å². The smallest absolute Gasteiger partial charge is 0.315 e. The van der Waals surface area contributed by atoms with Crippen LogP contribution in [0.25, 0.3) is 0 Å². The van der Waals surface area contributed by atoms with E-state index in [1.807, 2.05) is 12.1 Å². The Morgan fingerprint density at radius 3 is 2.04 bits per heavy atom. The van der Waals surface area contributed by atoms with E-state index >= 15 is 0 Å². The summed E-state index contributed by atoms with van der Waals surface area (Å²) < 4.78 is 6.04. The zero-order valence-corrected chi connectivity index (χ0v) is 16.1. The summed E-state index contributed by atoms with van der Waals surface area (Å²) in [5, 5.41) is 8.86. The number of carbonyl (C=O) groups is 2. The van der Waals surface area contributed by atoms with Gasteiger partial charge < -0.3 is 20.7 Å². The van der Waals surface area contributed by atoms with Crippen LogP contribution in [0.5, 0.6) is 5.75 Å². The van der Waals surface area contributed by atoms with Crippen molar-refractivity contribution >= 4 is 11.9 Å². The Morgan fingerprint density at radius 1 is 0.852 bits per heavy atom. The number of hydrogen-bond acceptors (Lipinski definition) is 3. The zero-order chi connectivity index (χ0) is 19.1. The standard InChI is InChI=1S/C21H31N3O3/c1-22-20(25)15-7-11-18(12-8-15)27-19-13-9-17(10-14-19)24-21(26)23-16-5-3-2-4-6-16/h7-8,11-12,16-17,19H,2-6,9-10,13-14H2,1H3,(H,22,25)(H2,23,24,26). The number of rotatable bonds is 5. The summed E-state index contributed by atoms with van der Waals surface area (Å²) in [6.45, 7) is 0. The normalized spacial score (nSPS) is 23.3. The van der Waals surface area contributed by atoms with E-state index in [9.17, 15) is 9.59 Å². The first kappa shape index (κ1) is 19.5. The first-order valence-electron chi connectivity index (χ1n) is 10.2. The Kier molecular flexibility index (Phi) is 6.96. The van der Waals surface area contributed by atoms with E-state index in [0.29, 0.717) is 11.6 Å². The van der Waals surface area contributed by atoms with Gasteiger partial charge in [-0.1, -0.05) is 19.3 Å². The summed E-state index contributed by atoms with van der Waals surface area (Å²) in [6.07, 6.45) is 9.80. The molecule has 0 bridgehead atoms. The second kappa shape index (κ2) is 9.62. The minimum atomic E-state index is -0.0976. The van der Waals surface area contributed by atoms with Gasteiger partial charge in [-0.3, -0.25) is 4.79 Å². The molecule has 2 aliphatic rings. The van der Waals surface area contributed by atoms with Crippen LogP contribution in [0.1, 0.15) is 68.1 Å². The van der Waals surface area contributed by atoms with Gasteiger partial charge in [-0.05, 0) is 62.8 Å². The number of carbonyl (C=O) groups excluding carboxylic acids is 2. The van der Waals surface area contributed by atoms with Crippen molar-refractivity contribution in [3.8, 4) is 5.75 Å². The van der Waals surface area contributed by atoms with Crippen molar-refractivity contribution in [1.29, 1.82) is 0 Å². The Morgan fingerprint density at radius 2 is 1.44 bits per heavy atom. The van der Waals surface area contributed by atoms with Crippen LogP contribution in [0.2, 0.25) is 0 Å². The maximum Gasteiger partial charge on any atom is 0.315 e. The summed E-state index contributed by atoms with van der Waals surface area (Å²) in [4.78, 5) is 23.8. The Labute approximate surface area is 161 Å². The zero-order valence-electron chi connectivity index (χ0n) is 16.1. The molecule has 148 valence electrons. The van der Waals surface area contributed by atoms with Crippen LogP contribution < -0.4 is 20.7 Å². The fourth-order valence-electron chi connectivity index (χ4n) is 4.01. The van der Waals surface area contributed by atoms with Crippen LogP contribution in [0, 0.1) is 0 Å². The van der Waals surface area contributed by atoms with Crippen molar-refractivity contribution in [3.63, 3.8) is 0 Å². The fourth-order valence-corrected chi connectivity index (χ4v) is 4.01. The highest BCUT2D eigenvalue weighted by atomic mass is 16.5. The molecule has 2 aliphatic carbocycles. The molecule has 6 nitrogen and oxygen atoms in total. The van der Waals surface area contributed by atoms with Crippen LogP contribution >= 0.6 is 0 Å². The van der Waals surface area contributed by atoms with Gasteiger partial charge in [0, 0.05) is 24.7 Å². The SMILES string of the molecule is CNC(=O)c1ccc(OC2CCC(NC(=O)NC3CCCCC3)CC2)cc1. The summed E-state index contributed by atoms with van der Waals surface area (Å²) in [5.74, 6) is 0.689. The summed E-state index contributed by atoms with van der Waals surface area (Å²) in [6, 6.07) is 7.78. The Hall–Kier alpha value is -2.24. The lowest BCUT2D eigenvalue weighted by atomic mass is 9.93. The topological polar surface area (TPSA) is 79.5 Å². The molecule has 3 rings (SSSR count). The molecule has 0 unspecified atom stereocenters. The van der Waals surface area contributed by atoms with Gasteiger partial charge in [-0.2, -0.15) is 0 Å². The van der Waals surface area contributed by atoms with Gasteiger partial charge in [0.05, 0.1) is 6.10 Å². The molecule has 0 heterocycles. The van der Waals surface area contributed by atoms with Gasteiger partial charge in [0.15, 0.2) is 0 Å². The first-order valence-corrected chi connectivity index (χ1v) is 10.2. The molecule has 6 heteroatoms. The van der Waals surface area contributed by atoms with Crippen LogP contribution in [0.3, 0.4) is 0 Å². The predicted octanol–water partition coefficient (Wildman–Crippen LogP) is 3.37. The van der Waals surface area contributed by atoms with Crippen LogP contribution in [-0.4, -0.2) is 37.2 Å². The van der Waals surface area contributed by atoms with Gasteiger partial charge in [-0.25, -0.2) is 4.79 Å². The largest absolute Gasteiger partial charge is 0.490 e. The molecular weight excluding hydrogens is 342 g/mol. The molecule has 0 atom stereocenters. The second-order valence-corrected chi connectivity index (χ2v) is 7.65. The van der Waals surface area contributed by atoms with Gasteiger partial charge in [-0.15, -0.1) is 0 Å². The maximum absolute atomic E-state index is 12.2. The third-order valence-electron chi connectivity index (χ3n) is 5.60. The predicted molar refractivity (Wildman–Crippen MR) is 105 cm³/mol. The molecule has 3 amide bonds. The third-order valence-corrected chi connectivity index (χ3v) is 5.60. The number of urea groups is 1. The summed E-state index contributed by atoms with van der Waals surface area (Å²) >= 11 is 0. The minimum Gasteiger partial charge on any atom is -0.490 e. The van der Waals surface area contributed by atoms with E-state index in [1.54, 1.807) is 19.2 Å². The van der Waals surface area contributed by atoms with Crippen molar-refractivity contribution in [1.82, 2.24) is 16.0 Å². The fraction of sp³-hybridized carbons (Fsp3) is 0.619. The third kappa shape index (κ3) is 5.88. The number of benzene rings is 1. The Balaban J connectivity index is 1.38. The van der Waals surface area contributed by atoms with Crippen LogP contribution in [0.15, 0.2) is 24.3 Å². The highest BCUT2D eigenvalue weighted by Gasteiger charge is 2.24.